The number of hydrogen-bond acceptors (Lipinski definition) is 8. The van der Waals surface area contributed by atoms with E-state index in [-0.39, 0.29) is 28.9 Å². The number of nitro groups is 1. The zero-order chi connectivity index (χ0) is 22.9. The van der Waals surface area contributed by atoms with Crippen LogP contribution < -0.4 is 5.32 Å². The van der Waals surface area contributed by atoms with Gasteiger partial charge in [-0.3, -0.25) is 14.9 Å². The van der Waals surface area contributed by atoms with Gasteiger partial charge in [0.25, 0.3) is 5.69 Å². The number of carbonyl (C=O) groups excluding carboxylic acids is 3. The van der Waals surface area contributed by atoms with Crippen molar-refractivity contribution in [1.82, 2.24) is 5.32 Å². The highest BCUT2D eigenvalue weighted by Gasteiger charge is 2.27. The Bertz CT molecular complexity index is 819. The zero-order valence-electron chi connectivity index (χ0n) is 16.8. The minimum absolute atomic E-state index is 0.105. The molecule has 0 spiro atoms. The summed E-state index contributed by atoms with van der Waals surface area (Å²) < 4.78 is 15.5. The molecule has 1 aromatic rings. The lowest BCUT2D eigenvalue weighted by Gasteiger charge is -2.22. The second kappa shape index (κ2) is 11.4. The number of ketones is 1. The van der Waals surface area contributed by atoms with Gasteiger partial charge in [-0.2, -0.15) is 0 Å². The molecule has 1 N–H and O–H groups in total. The molecule has 0 fully saturated rings. The van der Waals surface area contributed by atoms with Crippen molar-refractivity contribution in [2.24, 2.45) is 0 Å². The number of Topliss-reactive ketones (excluding diaryl/α,β-unsaturated/α-hetero) is 1. The van der Waals surface area contributed by atoms with Gasteiger partial charge in [0, 0.05) is 22.2 Å². The smallest absolute Gasteiger partial charge is 0.408 e. The number of nitrogens with zero attached hydrogens (tertiary/aromatic N) is 1. The maximum absolute atomic E-state index is 12.4. The fraction of sp³-hybridized carbons (Fsp3) is 0.421. The molecule has 0 aromatic heterocycles. The van der Waals surface area contributed by atoms with Gasteiger partial charge in [-0.1, -0.05) is 6.08 Å². The minimum atomic E-state index is -1.21. The highest BCUT2D eigenvalue weighted by molar-refractivity contribution is 9.10. The summed E-state index contributed by atoms with van der Waals surface area (Å²) in [5.74, 6) is -1.50. The molecule has 30 heavy (non-hydrogen) atoms. The molecule has 1 atom stereocenters. The quantitative estimate of drug-likeness (QED) is 0.133. The number of alkyl carbamates (subject to hydrolysis) is 1. The molecule has 0 heterocycles. The predicted molar refractivity (Wildman–Crippen MR) is 110 cm³/mol. The molecule has 1 amide bonds. The van der Waals surface area contributed by atoms with E-state index in [9.17, 15) is 24.5 Å². The lowest BCUT2D eigenvalue weighted by atomic mass is 10.1. The summed E-state index contributed by atoms with van der Waals surface area (Å²) >= 11 is 3.09. The molecule has 164 valence electrons. The first-order valence-corrected chi connectivity index (χ1v) is 9.56. The molecule has 0 radical (unpaired) electrons. The lowest BCUT2D eigenvalue weighted by Crippen LogP contribution is -2.47. The van der Waals surface area contributed by atoms with E-state index < -0.39 is 41.0 Å². The van der Waals surface area contributed by atoms with E-state index in [1.165, 1.54) is 18.2 Å². The van der Waals surface area contributed by atoms with Crippen LogP contribution in [0.25, 0.3) is 0 Å². The Balaban J connectivity index is 2.77. The lowest BCUT2D eigenvalue weighted by molar-refractivity contribution is -0.384. The molecule has 0 saturated heterocycles. The molecule has 1 rings (SSSR count). The van der Waals surface area contributed by atoms with Crippen molar-refractivity contribution >= 4 is 39.5 Å². The maximum Gasteiger partial charge on any atom is 0.408 e. The van der Waals surface area contributed by atoms with Gasteiger partial charge in [0.1, 0.15) is 5.60 Å². The van der Waals surface area contributed by atoms with E-state index in [0.29, 0.717) is 0 Å². The standard InChI is InChI=1S/C19H23BrN2O8/c1-5-8-28-10-15(21-18(25)30-19(2,3)4)17(24)29-11-16(23)13-7-6-12(22(26)27)9-14(13)20/h5-7,9,15H,1,8,10-11H2,2-4H3,(H,21,25)/t15-/m0/s1. The molecule has 0 unspecified atom stereocenters. The van der Waals surface area contributed by atoms with Crippen molar-refractivity contribution in [3.8, 4) is 0 Å². The number of rotatable bonds is 10. The summed E-state index contributed by atoms with van der Waals surface area (Å²) in [5.41, 5.74) is -0.872. The fourth-order valence-corrected chi connectivity index (χ4v) is 2.63. The van der Waals surface area contributed by atoms with Crippen molar-refractivity contribution in [3.63, 3.8) is 0 Å². The van der Waals surface area contributed by atoms with Crippen LogP contribution in [0, 0.1) is 10.1 Å². The number of nitrogens with one attached hydrogen (secondary N) is 1. The summed E-state index contributed by atoms with van der Waals surface area (Å²) in [4.78, 5) is 46.8. The van der Waals surface area contributed by atoms with Gasteiger partial charge in [-0.05, 0) is 42.8 Å². The van der Waals surface area contributed by atoms with Gasteiger partial charge in [0.2, 0.25) is 5.78 Å². The topological polar surface area (TPSA) is 134 Å². The summed E-state index contributed by atoms with van der Waals surface area (Å²) in [5, 5.41) is 13.1. The van der Waals surface area contributed by atoms with Crippen LogP contribution in [-0.4, -0.2) is 54.2 Å². The van der Waals surface area contributed by atoms with Crippen LogP contribution in [0.3, 0.4) is 0 Å². The third kappa shape index (κ3) is 8.70. The Morgan fingerprint density at radius 2 is 2.00 bits per heavy atom. The largest absolute Gasteiger partial charge is 0.456 e. The summed E-state index contributed by atoms with van der Waals surface area (Å²) in [6, 6.07) is 2.37. The molecular weight excluding hydrogens is 464 g/mol. The number of carbonyl (C=O) groups is 3. The fourth-order valence-electron chi connectivity index (χ4n) is 2.05. The second-order valence-electron chi connectivity index (χ2n) is 6.98. The number of halogens is 1. The van der Waals surface area contributed by atoms with Crippen LogP contribution in [0.15, 0.2) is 35.3 Å². The number of nitro benzene ring substituents is 1. The first-order valence-electron chi connectivity index (χ1n) is 8.76. The zero-order valence-corrected chi connectivity index (χ0v) is 18.4. The average molecular weight is 487 g/mol. The molecule has 0 aliphatic carbocycles. The van der Waals surface area contributed by atoms with Gasteiger partial charge in [-0.25, -0.2) is 9.59 Å². The number of non-ortho nitro benzene ring substituents is 1. The van der Waals surface area contributed by atoms with E-state index in [0.717, 1.165) is 6.07 Å². The number of amides is 1. The van der Waals surface area contributed by atoms with E-state index >= 15 is 0 Å². The summed E-state index contributed by atoms with van der Waals surface area (Å²) in [6.07, 6.45) is 0.613. The van der Waals surface area contributed by atoms with Crippen molar-refractivity contribution < 1.29 is 33.5 Å². The molecule has 0 saturated carbocycles. The third-order valence-corrected chi connectivity index (χ3v) is 3.96. The van der Waals surface area contributed by atoms with E-state index in [2.05, 4.69) is 27.8 Å². The Kier molecular flexibility index (Phi) is 9.60. The van der Waals surface area contributed by atoms with Crippen LogP contribution in [0.4, 0.5) is 10.5 Å². The molecule has 0 bridgehead atoms. The van der Waals surface area contributed by atoms with Crippen LogP contribution in [0.1, 0.15) is 31.1 Å². The van der Waals surface area contributed by atoms with Crippen LogP contribution in [0.5, 0.6) is 0 Å². The number of ether oxygens (including phenoxy) is 3. The molecule has 0 aliphatic rings. The first-order chi connectivity index (χ1) is 13.9. The minimum Gasteiger partial charge on any atom is -0.456 e. The van der Waals surface area contributed by atoms with Crippen LogP contribution in [0.2, 0.25) is 0 Å². The predicted octanol–water partition coefficient (Wildman–Crippen LogP) is 3.18. The number of esters is 1. The van der Waals surface area contributed by atoms with Gasteiger partial charge < -0.3 is 19.5 Å². The van der Waals surface area contributed by atoms with Crippen LogP contribution in [-0.2, 0) is 19.0 Å². The first kappa shape index (κ1) is 25.2. The Labute approximate surface area is 181 Å². The highest BCUT2D eigenvalue weighted by Crippen LogP contribution is 2.23. The van der Waals surface area contributed by atoms with Crippen molar-refractivity contribution in [2.75, 3.05) is 19.8 Å². The highest BCUT2D eigenvalue weighted by atomic mass is 79.9. The summed E-state index contributed by atoms with van der Waals surface area (Å²) in [6.45, 7) is 7.75. The van der Waals surface area contributed by atoms with E-state index in [1.807, 2.05) is 0 Å². The Hall–Kier alpha value is -2.79. The molecule has 1 aromatic carbocycles. The SMILES string of the molecule is C=CCOC[C@H](NC(=O)OC(C)(C)C)C(=O)OCC(=O)c1ccc([N+](=O)[O-])cc1Br. The molecular formula is C19H23BrN2O8. The number of hydrogen-bond donors (Lipinski definition) is 1. The van der Waals surface area contributed by atoms with Gasteiger partial charge in [0.05, 0.1) is 18.1 Å². The monoisotopic (exact) mass is 486 g/mol. The van der Waals surface area contributed by atoms with Gasteiger partial charge >= 0.3 is 12.1 Å². The van der Waals surface area contributed by atoms with Crippen molar-refractivity contribution in [2.45, 2.75) is 32.4 Å². The van der Waals surface area contributed by atoms with Crippen molar-refractivity contribution in [3.05, 3.63) is 51.0 Å². The Morgan fingerprint density at radius 3 is 2.53 bits per heavy atom. The van der Waals surface area contributed by atoms with Gasteiger partial charge in [0.15, 0.2) is 12.6 Å². The number of benzene rings is 1. The summed E-state index contributed by atoms with van der Waals surface area (Å²) in [7, 11) is 0. The van der Waals surface area contributed by atoms with E-state index in [4.69, 9.17) is 14.2 Å². The third-order valence-electron chi connectivity index (χ3n) is 3.31. The molecule has 0 aliphatic heterocycles. The maximum atomic E-state index is 12.4. The Morgan fingerprint density at radius 1 is 1.33 bits per heavy atom. The average Bonchev–Trinajstić information content (AvgIpc) is 2.63. The van der Waals surface area contributed by atoms with Gasteiger partial charge in [-0.15, -0.1) is 6.58 Å². The van der Waals surface area contributed by atoms with Crippen molar-refractivity contribution in [1.29, 1.82) is 0 Å². The second-order valence-corrected chi connectivity index (χ2v) is 7.83. The normalized spacial score (nSPS) is 11.9. The van der Waals surface area contributed by atoms with Crippen LogP contribution >= 0.6 is 15.9 Å². The molecule has 11 heteroatoms. The van der Waals surface area contributed by atoms with E-state index in [1.54, 1.807) is 20.8 Å². The molecule has 10 nitrogen and oxygen atoms in total.